The van der Waals surface area contributed by atoms with E-state index in [1.165, 1.54) is 6.20 Å². The molecule has 2 rings (SSSR count). The van der Waals surface area contributed by atoms with E-state index in [2.05, 4.69) is 4.98 Å². The van der Waals surface area contributed by atoms with Crippen LogP contribution in [0.5, 0.6) is 0 Å². The van der Waals surface area contributed by atoms with Gasteiger partial charge in [-0.2, -0.15) is 5.26 Å². The molecule has 1 unspecified atom stereocenters. The number of nitrogens with zero attached hydrogens (tertiary/aromatic N) is 3. The molecule has 4 heteroatoms. The number of pyridine rings is 1. The molecule has 3 nitrogen and oxygen atoms in total. The van der Waals surface area contributed by atoms with Crippen LogP contribution in [0, 0.1) is 11.3 Å². The lowest BCUT2D eigenvalue weighted by molar-refractivity contribution is 0.221. The van der Waals surface area contributed by atoms with Crippen molar-refractivity contribution in [3.63, 3.8) is 0 Å². The molecule has 78 valence electrons. The number of halogens is 1. The maximum absolute atomic E-state index is 13.6. The van der Waals surface area contributed by atoms with Crippen molar-refractivity contribution in [3.8, 4) is 6.07 Å². The smallest absolute Gasteiger partial charge is 0.128 e. The Morgan fingerprint density at radius 2 is 2.40 bits per heavy atom. The van der Waals surface area contributed by atoms with E-state index in [0.717, 1.165) is 5.82 Å². The van der Waals surface area contributed by atoms with Crippen LogP contribution < -0.4 is 4.90 Å². The van der Waals surface area contributed by atoms with Crippen LogP contribution in [0.3, 0.4) is 0 Å². The lowest BCUT2D eigenvalue weighted by Crippen LogP contribution is -2.26. The van der Waals surface area contributed by atoms with Crippen LogP contribution in [-0.2, 0) is 0 Å². The second-order valence-corrected chi connectivity index (χ2v) is 4.10. The normalized spacial score (nSPS) is 25.3. The highest BCUT2D eigenvalue weighted by atomic mass is 19.1. The summed E-state index contributed by atoms with van der Waals surface area (Å²) in [5.41, 5.74) is -0.587. The maximum atomic E-state index is 13.6. The van der Waals surface area contributed by atoms with Crippen LogP contribution in [0.1, 0.15) is 18.9 Å². The fourth-order valence-corrected chi connectivity index (χ4v) is 1.76. The molecular weight excluding hydrogens is 193 g/mol. The van der Waals surface area contributed by atoms with Gasteiger partial charge in [-0.15, -0.1) is 0 Å². The molecule has 2 heterocycles. The highest BCUT2D eigenvalue weighted by Crippen LogP contribution is 2.27. The molecule has 1 aromatic heterocycles. The van der Waals surface area contributed by atoms with E-state index in [0.29, 0.717) is 25.1 Å². The van der Waals surface area contributed by atoms with E-state index in [4.69, 9.17) is 5.26 Å². The molecule has 0 N–H and O–H groups in total. The summed E-state index contributed by atoms with van der Waals surface area (Å²) in [7, 11) is 0. The molecule has 1 fully saturated rings. The topological polar surface area (TPSA) is 39.9 Å². The fourth-order valence-electron chi connectivity index (χ4n) is 1.76. The van der Waals surface area contributed by atoms with Gasteiger partial charge >= 0.3 is 0 Å². The van der Waals surface area contributed by atoms with Crippen molar-refractivity contribution in [2.45, 2.75) is 19.0 Å². The number of hydrogen-bond donors (Lipinski definition) is 0. The molecule has 1 saturated heterocycles. The SMILES string of the molecule is CC1(F)CCN(c2ccc(C#N)cn2)C1. The van der Waals surface area contributed by atoms with Crippen molar-refractivity contribution in [1.29, 1.82) is 5.26 Å². The molecule has 15 heavy (non-hydrogen) atoms. The fraction of sp³-hybridized carbons (Fsp3) is 0.455. The summed E-state index contributed by atoms with van der Waals surface area (Å²) in [4.78, 5) is 6.04. The predicted octanol–water partition coefficient (Wildman–Crippen LogP) is 1.89. The molecule has 0 aromatic carbocycles. The quantitative estimate of drug-likeness (QED) is 0.702. The summed E-state index contributed by atoms with van der Waals surface area (Å²) < 4.78 is 13.6. The Bertz CT molecular complexity index is 391. The third-order valence-corrected chi connectivity index (χ3v) is 2.62. The van der Waals surface area contributed by atoms with Gasteiger partial charge in [-0.25, -0.2) is 9.37 Å². The van der Waals surface area contributed by atoms with Crippen molar-refractivity contribution >= 4 is 5.82 Å². The van der Waals surface area contributed by atoms with Gasteiger partial charge in [0.15, 0.2) is 0 Å². The molecule has 1 aromatic rings. The Morgan fingerprint density at radius 3 is 2.87 bits per heavy atom. The van der Waals surface area contributed by atoms with Crippen molar-refractivity contribution in [2.75, 3.05) is 18.0 Å². The van der Waals surface area contributed by atoms with Crippen molar-refractivity contribution in [3.05, 3.63) is 23.9 Å². The Labute approximate surface area is 88.2 Å². The number of hydrogen-bond acceptors (Lipinski definition) is 3. The van der Waals surface area contributed by atoms with Crippen LogP contribution in [0.2, 0.25) is 0 Å². The van der Waals surface area contributed by atoms with E-state index in [1.807, 2.05) is 11.0 Å². The average molecular weight is 205 g/mol. The van der Waals surface area contributed by atoms with Gasteiger partial charge in [-0.3, -0.25) is 0 Å². The summed E-state index contributed by atoms with van der Waals surface area (Å²) in [6.07, 6.45) is 2.05. The van der Waals surface area contributed by atoms with Crippen LogP contribution in [-0.4, -0.2) is 23.7 Å². The molecule has 1 aliphatic heterocycles. The van der Waals surface area contributed by atoms with E-state index < -0.39 is 5.67 Å². The molecule has 0 radical (unpaired) electrons. The average Bonchev–Trinajstić information content (AvgIpc) is 2.59. The lowest BCUT2D eigenvalue weighted by atomic mass is 10.1. The number of anilines is 1. The van der Waals surface area contributed by atoms with Crippen LogP contribution in [0.25, 0.3) is 0 Å². The Hall–Kier alpha value is -1.63. The van der Waals surface area contributed by atoms with Gasteiger partial charge in [-0.1, -0.05) is 0 Å². The lowest BCUT2D eigenvalue weighted by Gasteiger charge is -2.18. The Kier molecular flexibility index (Phi) is 2.31. The van der Waals surface area contributed by atoms with Gasteiger partial charge in [0.25, 0.3) is 0 Å². The minimum atomic E-state index is -1.12. The van der Waals surface area contributed by atoms with Gasteiger partial charge in [0.1, 0.15) is 17.6 Å². The summed E-state index contributed by atoms with van der Waals surface area (Å²) in [6.45, 7) is 2.68. The van der Waals surface area contributed by atoms with Gasteiger partial charge in [0.05, 0.1) is 12.1 Å². The van der Waals surface area contributed by atoms with Crippen LogP contribution >= 0.6 is 0 Å². The second kappa shape index (κ2) is 3.50. The van der Waals surface area contributed by atoms with Gasteiger partial charge in [0.2, 0.25) is 0 Å². The highest BCUT2D eigenvalue weighted by molar-refractivity contribution is 5.43. The third-order valence-electron chi connectivity index (χ3n) is 2.62. The van der Waals surface area contributed by atoms with E-state index in [1.54, 1.807) is 19.1 Å². The molecular formula is C11H12FN3. The number of alkyl halides is 1. The zero-order chi connectivity index (χ0) is 10.9. The molecule has 1 aliphatic rings. The first-order valence-electron chi connectivity index (χ1n) is 4.91. The first-order valence-corrected chi connectivity index (χ1v) is 4.91. The van der Waals surface area contributed by atoms with E-state index in [-0.39, 0.29) is 0 Å². The molecule has 0 amide bonds. The predicted molar refractivity (Wildman–Crippen MR) is 55.3 cm³/mol. The highest BCUT2D eigenvalue weighted by Gasteiger charge is 2.33. The van der Waals surface area contributed by atoms with Crippen molar-refractivity contribution < 1.29 is 4.39 Å². The first kappa shape index (κ1) is 9.91. The molecule has 0 spiro atoms. The molecule has 1 atom stereocenters. The van der Waals surface area contributed by atoms with Crippen LogP contribution in [0.15, 0.2) is 18.3 Å². The summed E-state index contributed by atoms with van der Waals surface area (Å²) in [5.74, 6) is 0.746. The molecule has 0 saturated carbocycles. The molecule has 0 bridgehead atoms. The summed E-state index contributed by atoms with van der Waals surface area (Å²) >= 11 is 0. The van der Waals surface area contributed by atoms with E-state index >= 15 is 0 Å². The van der Waals surface area contributed by atoms with Gasteiger partial charge in [-0.05, 0) is 19.1 Å². The molecule has 0 aliphatic carbocycles. The first-order chi connectivity index (χ1) is 7.11. The summed E-state index contributed by atoms with van der Waals surface area (Å²) in [6, 6.07) is 5.47. The third kappa shape index (κ3) is 2.07. The standard InChI is InChI=1S/C11H12FN3/c1-11(12)4-5-15(8-11)10-3-2-9(6-13)7-14-10/h2-3,7H,4-5,8H2,1H3. The minimum absolute atomic E-state index is 0.381. The van der Waals surface area contributed by atoms with Crippen molar-refractivity contribution in [2.24, 2.45) is 0 Å². The Morgan fingerprint density at radius 1 is 1.60 bits per heavy atom. The largest absolute Gasteiger partial charge is 0.353 e. The Balaban J connectivity index is 2.15. The van der Waals surface area contributed by atoms with Gasteiger partial charge < -0.3 is 4.90 Å². The monoisotopic (exact) mass is 205 g/mol. The zero-order valence-corrected chi connectivity index (χ0v) is 8.57. The number of rotatable bonds is 1. The maximum Gasteiger partial charge on any atom is 0.128 e. The number of nitriles is 1. The van der Waals surface area contributed by atoms with Gasteiger partial charge in [0, 0.05) is 19.2 Å². The zero-order valence-electron chi connectivity index (χ0n) is 8.57. The van der Waals surface area contributed by atoms with E-state index in [9.17, 15) is 4.39 Å². The number of aromatic nitrogens is 1. The summed E-state index contributed by atoms with van der Waals surface area (Å²) in [5, 5.41) is 8.61. The minimum Gasteiger partial charge on any atom is -0.353 e. The van der Waals surface area contributed by atoms with Crippen LogP contribution in [0.4, 0.5) is 10.2 Å². The second-order valence-electron chi connectivity index (χ2n) is 4.10. The van der Waals surface area contributed by atoms with Crippen molar-refractivity contribution in [1.82, 2.24) is 4.98 Å².